The maximum atomic E-state index is 10.9. The van der Waals surface area contributed by atoms with Crippen molar-refractivity contribution in [2.24, 2.45) is 5.92 Å². The number of aliphatic carboxylic acids is 1. The van der Waals surface area contributed by atoms with Crippen molar-refractivity contribution in [2.45, 2.75) is 39.2 Å². The third kappa shape index (κ3) is 3.60. The van der Waals surface area contributed by atoms with Crippen LogP contribution < -0.4 is 4.74 Å². The standard InChI is InChI=1S/C16H20O3/c1-11(2)19-15-9-7-13(8-10-15)12-3-5-14(6-4-12)16(17)18/h3,7-11,14H,4-6H2,1-2H3,(H,17,18). The Kier molecular flexibility index (Phi) is 4.25. The van der Waals surface area contributed by atoms with Crippen LogP contribution in [-0.2, 0) is 4.79 Å². The summed E-state index contributed by atoms with van der Waals surface area (Å²) in [5, 5.41) is 8.97. The van der Waals surface area contributed by atoms with E-state index in [1.807, 2.05) is 38.1 Å². The summed E-state index contributed by atoms with van der Waals surface area (Å²) in [7, 11) is 0. The van der Waals surface area contributed by atoms with Gasteiger partial charge in [-0.05, 0) is 56.4 Å². The van der Waals surface area contributed by atoms with E-state index in [0.717, 1.165) is 18.6 Å². The molecule has 0 saturated carbocycles. The van der Waals surface area contributed by atoms with Gasteiger partial charge < -0.3 is 9.84 Å². The molecule has 1 unspecified atom stereocenters. The van der Waals surface area contributed by atoms with Crippen LogP contribution in [0.3, 0.4) is 0 Å². The number of hydrogen-bond donors (Lipinski definition) is 1. The fourth-order valence-electron chi connectivity index (χ4n) is 2.34. The van der Waals surface area contributed by atoms with Gasteiger partial charge in [-0.25, -0.2) is 0 Å². The monoisotopic (exact) mass is 260 g/mol. The maximum Gasteiger partial charge on any atom is 0.306 e. The zero-order valence-electron chi connectivity index (χ0n) is 11.4. The van der Waals surface area contributed by atoms with E-state index >= 15 is 0 Å². The predicted molar refractivity (Wildman–Crippen MR) is 75.2 cm³/mol. The maximum absolute atomic E-state index is 10.9. The van der Waals surface area contributed by atoms with E-state index in [1.54, 1.807) is 0 Å². The highest BCUT2D eigenvalue weighted by molar-refractivity contribution is 5.74. The molecule has 0 aromatic heterocycles. The van der Waals surface area contributed by atoms with Crippen LogP contribution in [0.1, 0.15) is 38.7 Å². The Morgan fingerprint density at radius 1 is 1.32 bits per heavy atom. The first-order valence-electron chi connectivity index (χ1n) is 6.75. The van der Waals surface area contributed by atoms with Gasteiger partial charge in [0.05, 0.1) is 12.0 Å². The third-order valence-corrected chi connectivity index (χ3v) is 3.36. The van der Waals surface area contributed by atoms with Crippen LogP contribution in [0.4, 0.5) is 0 Å². The largest absolute Gasteiger partial charge is 0.491 e. The van der Waals surface area contributed by atoms with E-state index in [4.69, 9.17) is 9.84 Å². The lowest BCUT2D eigenvalue weighted by Crippen LogP contribution is -2.15. The summed E-state index contributed by atoms with van der Waals surface area (Å²) in [6.07, 6.45) is 4.43. The van der Waals surface area contributed by atoms with Gasteiger partial charge in [-0.3, -0.25) is 4.79 Å². The van der Waals surface area contributed by atoms with Gasteiger partial charge in [0.1, 0.15) is 5.75 Å². The zero-order chi connectivity index (χ0) is 13.8. The minimum Gasteiger partial charge on any atom is -0.491 e. The van der Waals surface area contributed by atoms with E-state index in [1.165, 1.54) is 11.1 Å². The Balaban J connectivity index is 2.05. The predicted octanol–water partition coefficient (Wildman–Crippen LogP) is 3.74. The number of carboxylic acids is 1. The molecule has 3 heteroatoms. The smallest absolute Gasteiger partial charge is 0.306 e. The van der Waals surface area contributed by atoms with Gasteiger partial charge in [0, 0.05) is 0 Å². The van der Waals surface area contributed by atoms with Crippen LogP contribution in [0.15, 0.2) is 30.3 Å². The summed E-state index contributed by atoms with van der Waals surface area (Å²) in [6, 6.07) is 8.04. The van der Waals surface area contributed by atoms with Crippen molar-refractivity contribution in [2.75, 3.05) is 0 Å². The highest BCUT2D eigenvalue weighted by atomic mass is 16.5. The highest BCUT2D eigenvalue weighted by Crippen LogP contribution is 2.31. The topological polar surface area (TPSA) is 46.5 Å². The fraction of sp³-hybridized carbons (Fsp3) is 0.438. The van der Waals surface area contributed by atoms with Gasteiger partial charge in [0.2, 0.25) is 0 Å². The molecule has 3 nitrogen and oxygen atoms in total. The van der Waals surface area contributed by atoms with Gasteiger partial charge >= 0.3 is 5.97 Å². The molecule has 1 aromatic carbocycles. The number of allylic oxidation sites excluding steroid dienone is 2. The summed E-state index contributed by atoms with van der Waals surface area (Å²) in [5.41, 5.74) is 2.41. The molecule has 0 amide bonds. The second-order valence-corrected chi connectivity index (χ2v) is 5.23. The van der Waals surface area contributed by atoms with E-state index in [2.05, 4.69) is 6.08 Å². The van der Waals surface area contributed by atoms with Gasteiger partial charge in [0.15, 0.2) is 0 Å². The minimum absolute atomic E-state index is 0.177. The van der Waals surface area contributed by atoms with Crippen LogP contribution in [0.2, 0.25) is 0 Å². The Morgan fingerprint density at radius 2 is 2.00 bits per heavy atom. The van der Waals surface area contributed by atoms with Crippen molar-refractivity contribution in [1.29, 1.82) is 0 Å². The van der Waals surface area contributed by atoms with Crippen molar-refractivity contribution < 1.29 is 14.6 Å². The lowest BCUT2D eigenvalue weighted by Gasteiger charge is -2.19. The van der Waals surface area contributed by atoms with Crippen molar-refractivity contribution >= 4 is 11.5 Å². The number of ether oxygens (including phenoxy) is 1. The van der Waals surface area contributed by atoms with Gasteiger partial charge in [-0.15, -0.1) is 0 Å². The van der Waals surface area contributed by atoms with Crippen LogP contribution >= 0.6 is 0 Å². The molecule has 0 aliphatic heterocycles. The van der Waals surface area contributed by atoms with Crippen LogP contribution in [0.25, 0.3) is 5.57 Å². The third-order valence-electron chi connectivity index (χ3n) is 3.36. The summed E-state index contributed by atoms with van der Waals surface area (Å²) in [5.74, 6) is -0.0261. The SMILES string of the molecule is CC(C)Oc1ccc(C2=CCC(C(=O)O)CC2)cc1. The molecule has 19 heavy (non-hydrogen) atoms. The summed E-state index contributed by atoms with van der Waals surface area (Å²) < 4.78 is 5.61. The Morgan fingerprint density at radius 3 is 2.47 bits per heavy atom. The Hall–Kier alpha value is -1.77. The molecule has 0 heterocycles. The normalized spacial score (nSPS) is 19.1. The molecule has 0 saturated heterocycles. The Labute approximate surface area is 113 Å². The summed E-state index contributed by atoms with van der Waals surface area (Å²) in [6.45, 7) is 4.01. The van der Waals surface area contributed by atoms with Gasteiger partial charge in [-0.2, -0.15) is 0 Å². The van der Waals surface area contributed by atoms with Gasteiger partial charge in [-0.1, -0.05) is 18.2 Å². The van der Waals surface area contributed by atoms with Crippen LogP contribution in [0, 0.1) is 5.92 Å². The van der Waals surface area contributed by atoms with Crippen molar-refractivity contribution in [3.63, 3.8) is 0 Å². The zero-order valence-corrected chi connectivity index (χ0v) is 11.4. The quantitative estimate of drug-likeness (QED) is 0.897. The van der Waals surface area contributed by atoms with Crippen molar-refractivity contribution in [3.05, 3.63) is 35.9 Å². The average molecular weight is 260 g/mol. The number of hydrogen-bond acceptors (Lipinski definition) is 2. The van der Waals surface area contributed by atoms with E-state index < -0.39 is 5.97 Å². The number of carbonyl (C=O) groups is 1. The first-order chi connectivity index (χ1) is 9.06. The summed E-state index contributed by atoms with van der Waals surface area (Å²) in [4.78, 5) is 10.9. The second kappa shape index (κ2) is 5.91. The van der Waals surface area contributed by atoms with Crippen molar-refractivity contribution in [1.82, 2.24) is 0 Å². The summed E-state index contributed by atoms with van der Waals surface area (Å²) >= 11 is 0. The number of benzene rings is 1. The minimum atomic E-state index is -0.684. The molecule has 0 spiro atoms. The van der Waals surface area contributed by atoms with Crippen LogP contribution in [-0.4, -0.2) is 17.2 Å². The molecule has 1 atom stereocenters. The van der Waals surface area contributed by atoms with E-state index in [-0.39, 0.29) is 12.0 Å². The molecular weight excluding hydrogens is 240 g/mol. The molecule has 0 bridgehead atoms. The molecule has 0 fully saturated rings. The molecule has 1 aliphatic carbocycles. The Bertz CT molecular complexity index is 471. The van der Waals surface area contributed by atoms with Gasteiger partial charge in [0.25, 0.3) is 0 Å². The lowest BCUT2D eigenvalue weighted by atomic mass is 9.87. The van der Waals surface area contributed by atoms with Crippen LogP contribution in [0.5, 0.6) is 5.75 Å². The second-order valence-electron chi connectivity index (χ2n) is 5.23. The molecule has 1 aliphatic rings. The molecule has 2 rings (SSSR count). The molecular formula is C16H20O3. The van der Waals surface area contributed by atoms with Crippen molar-refractivity contribution in [3.8, 4) is 5.75 Å². The highest BCUT2D eigenvalue weighted by Gasteiger charge is 2.21. The lowest BCUT2D eigenvalue weighted by molar-refractivity contribution is -0.141. The fourth-order valence-corrected chi connectivity index (χ4v) is 2.34. The molecule has 1 N–H and O–H groups in total. The molecule has 0 radical (unpaired) electrons. The first-order valence-corrected chi connectivity index (χ1v) is 6.75. The average Bonchev–Trinajstić information content (AvgIpc) is 2.39. The molecule has 102 valence electrons. The van der Waals surface area contributed by atoms with E-state index in [9.17, 15) is 4.79 Å². The number of carboxylic acid groups (broad SMARTS) is 1. The first kappa shape index (κ1) is 13.7. The molecule has 1 aromatic rings. The van der Waals surface area contributed by atoms with E-state index in [0.29, 0.717) is 6.42 Å². The number of rotatable bonds is 4.